The molecule has 1 unspecified atom stereocenters. The smallest absolute Gasteiger partial charge is 0.130 e. The van der Waals surface area contributed by atoms with Crippen LogP contribution in [0.3, 0.4) is 0 Å². The van der Waals surface area contributed by atoms with Crippen molar-refractivity contribution in [2.75, 3.05) is 6.54 Å². The van der Waals surface area contributed by atoms with Crippen LogP contribution in [0.5, 0.6) is 0 Å². The second kappa shape index (κ2) is 8.47. The fraction of sp³-hybridized carbons (Fsp3) is 0.667. The largest absolute Gasteiger partial charge is 0.310 e. The molecule has 0 radical (unpaired) electrons. The zero-order chi connectivity index (χ0) is 15.1. The third-order valence-corrected chi connectivity index (χ3v) is 4.58. The molecule has 1 N–H and O–H groups in total. The number of hydrogen-bond acceptors (Lipinski definition) is 1. The molecule has 1 nitrogen and oxygen atoms in total. The Balaban J connectivity index is 2.02. The Morgan fingerprint density at radius 1 is 1.14 bits per heavy atom. The summed E-state index contributed by atoms with van der Waals surface area (Å²) in [6.45, 7) is 2.87. The van der Waals surface area contributed by atoms with Gasteiger partial charge < -0.3 is 5.32 Å². The number of halogens is 2. The van der Waals surface area contributed by atoms with Crippen LogP contribution in [0.25, 0.3) is 0 Å². The Morgan fingerprint density at radius 2 is 1.81 bits per heavy atom. The summed E-state index contributed by atoms with van der Waals surface area (Å²) >= 11 is 0. The van der Waals surface area contributed by atoms with Gasteiger partial charge in [0.15, 0.2) is 0 Å². The Morgan fingerprint density at radius 3 is 2.43 bits per heavy atom. The number of nitrogens with one attached hydrogen (secondary N) is 1. The third-order valence-electron chi connectivity index (χ3n) is 4.58. The summed E-state index contributed by atoms with van der Waals surface area (Å²) in [5.74, 6) is -0.112. The minimum absolute atomic E-state index is 0.201. The molecule has 1 fully saturated rings. The van der Waals surface area contributed by atoms with Crippen molar-refractivity contribution in [3.63, 3.8) is 0 Å². The third kappa shape index (κ3) is 4.77. The topological polar surface area (TPSA) is 12.0 Å². The van der Waals surface area contributed by atoms with Crippen molar-refractivity contribution in [2.45, 2.75) is 64.3 Å². The first-order valence-corrected chi connectivity index (χ1v) is 8.39. The van der Waals surface area contributed by atoms with Crippen LogP contribution < -0.4 is 5.32 Å². The van der Waals surface area contributed by atoms with Crippen molar-refractivity contribution in [3.05, 3.63) is 35.4 Å². The Hall–Kier alpha value is -0.960. The molecule has 0 heterocycles. The Kier molecular flexibility index (Phi) is 6.62. The van der Waals surface area contributed by atoms with Gasteiger partial charge in [-0.3, -0.25) is 0 Å². The van der Waals surface area contributed by atoms with Crippen LogP contribution in [0.1, 0.15) is 69.9 Å². The van der Waals surface area contributed by atoms with Gasteiger partial charge >= 0.3 is 0 Å². The van der Waals surface area contributed by atoms with E-state index in [1.807, 2.05) is 0 Å². The highest BCUT2D eigenvalue weighted by Gasteiger charge is 2.21. The van der Waals surface area contributed by atoms with E-state index in [0.717, 1.165) is 31.7 Å². The van der Waals surface area contributed by atoms with Gasteiger partial charge in [0, 0.05) is 11.6 Å². The molecule has 118 valence electrons. The Bertz CT molecular complexity index is 407. The molecule has 0 aliphatic heterocycles. The lowest BCUT2D eigenvalue weighted by Gasteiger charge is -2.25. The summed E-state index contributed by atoms with van der Waals surface area (Å²) in [7, 11) is 0. The molecule has 0 spiro atoms. The fourth-order valence-corrected chi connectivity index (χ4v) is 3.39. The molecule has 2 rings (SSSR count). The first-order valence-electron chi connectivity index (χ1n) is 8.39. The summed E-state index contributed by atoms with van der Waals surface area (Å²) in [4.78, 5) is 0. The maximum atomic E-state index is 14.0. The fourth-order valence-electron chi connectivity index (χ4n) is 3.39. The van der Waals surface area contributed by atoms with Gasteiger partial charge in [0.1, 0.15) is 11.6 Å². The van der Waals surface area contributed by atoms with E-state index in [1.54, 1.807) is 0 Å². The van der Waals surface area contributed by atoms with Crippen molar-refractivity contribution in [2.24, 2.45) is 5.92 Å². The van der Waals surface area contributed by atoms with Gasteiger partial charge in [-0.1, -0.05) is 45.1 Å². The van der Waals surface area contributed by atoms with Gasteiger partial charge in [0.2, 0.25) is 0 Å². The van der Waals surface area contributed by atoms with Crippen LogP contribution in [-0.4, -0.2) is 6.54 Å². The molecular formula is C18H27F2N. The predicted molar refractivity (Wildman–Crippen MR) is 83.2 cm³/mol. The van der Waals surface area contributed by atoms with E-state index in [1.165, 1.54) is 50.3 Å². The van der Waals surface area contributed by atoms with Gasteiger partial charge in [-0.25, -0.2) is 8.78 Å². The summed E-state index contributed by atoms with van der Waals surface area (Å²) < 4.78 is 28.0. The summed E-state index contributed by atoms with van der Waals surface area (Å²) in [6.07, 6.45) is 9.38. The van der Waals surface area contributed by atoms with E-state index in [2.05, 4.69) is 12.2 Å². The highest BCUT2D eigenvalue weighted by molar-refractivity contribution is 5.23. The molecule has 0 saturated heterocycles. The maximum absolute atomic E-state index is 14.0. The van der Waals surface area contributed by atoms with Crippen molar-refractivity contribution in [1.82, 2.24) is 5.32 Å². The molecule has 0 amide bonds. The van der Waals surface area contributed by atoms with E-state index in [-0.39, 0.29) is 11.6 Å². The minimum atomic E-state index is -0.424. The molecule has 1 aromatic carbocycles. The molecule has 21 heavy (non-hydrogen) atoms. The van der Waals surface area contributed by atoms with Crippen LogP contribution in [0.2, 0.25) is 0 Å². The van der Waals surface area contributed by atoms with Crippen LogP contribution >= 0.6 is 0 Å². The normalized spacial score (nSPS) is 17.9. The van der Waals surface area contributed by atoms with Crippen LogP contribution in [0, 0.1) is 17.6 Å². The summed E-state index contributed by atoms with van der Waals surface area (Å²) in [5, 5.41) is 3.33. The van der Waals surface area contributed by atoms with E-state index < -0.39 is 11.6 Å². The average Bonchev–Trinajstić information content (AvgIpc) is 2.50. The molecule has 3 heteroatoms. The summed E-state index contributed by atoms with van der Waals surface area (Å²) in [6, 6.07) is 3.96. The van der Waals surface area contributed by atoms with E-state index >= 15 is 0 Å². The van der Waals surface area contributed by atoms with Gasteiger partial charge in [0.05, 0.1) is 0 Å². The van der Waals surface area contributed by atoms with Crippen LogP contribution in [-0.2, 0) is 0 Å². The van der Waals surface area contributed by atoms with Gasteiger partial charge in [-0.2, -0.15) is 0 Å². The molecular weight excluding hydrogens is 268 g/mol. The molecule has 1 aliphatic rings. The van der Waals surface area contributed by atoms with E-state index in [9.17, 15) is 8.78 Å². The number of rotatable bonds is 7. The minimum Gasteiger partial charge on any atom is -0.310 e. The van der Waals surface area contributed by atoms with Crippen molar-refractivity contribution < 1.29 is 8.78 Å². The van der Waals surface area contributed by atoms with Crippen molar-refractivity contribution >= 4 is 0 Å². The van der Waals surface area contributed by atoms with E-state index in [4.69, 9.17) is 0 Å². The number of benzene rings is 1. The zero-order valence-electron chi connectivity index (χ0n) is 13.0. The van der Waals surface area contributed by atoms with E-state index in [0.29, 0.717) is 0 Å². The van der Waals surface area contributed by atoms with Crippen LogP contribution in [0.4, 0.5) is 8.78 Å². The lowest BCUT2D eigenvalue weighted by molar-refractivity contribution is 0.310. The molecule has 1 aliphatic carbocycles. The molecule has 1 saturated carbocycles. The molecule has 0 bridgehead atoms. The monoisotopic (exact) mass is 295 g/mol. The molecule has 0 aromatic heterocycles. The van der Waals surface area contributed by atoms with Crippen LogP contribution in [0.15, 0.2) is 18.2 Å². The lowest BCUT2D eigenvalue weighted by Crippen LogP contribution is -2.25. The highest BCUT2D eigenvalue weighted by atomic mass is 19.1. The lowest BCUT2D eigenvalue weighted by atomic mass is 9.84. The van der Waals surface area contributed by atoms with Crippen molar-refractivity contribution in [3.8, 4) is 0 Å². The second-order valence-corrected chi connectivity index (χ2v) is 6.22. The molecule has 1 atom stereocenters. The summed E-state index contributed by atoms with van der Waals surface area (Å²) in [5.41, 5.74) is 0.224. The Labute approximate surface area is 127 Å². The number of hydrogen-bond donors (Lipinski definition) is 1. The van der Waals surface area contributed by atoms with Crippen molar-refractivity contribution in [1.29, 1.82) is 0 Å². The maximum Gasteiger partial charge on any atom is 0.130 e. The highest BCUT2D eigenvalue weighted by Crippen LogP contribution is 2.31. The average molecular weight is 295 g/mol. The van der Waals surface area contributed by atoms with Gasteiger partial charge in [-0.15, -0.1) is 0 Å². The van der Waals surface area contributed by atoms with Gasteiger partial charge in [0.25, 0.3) is 0 Å². The van der Waals surface area contributed by atoms with Gasteiger partial charge in [-0.05, 0) is 43.9 Å². The first kappa shape index (κ1) is 16.4. The molecule has 1 aromatic rings. The zero-order valence-corrected chi connectivity index (χ0v) is 13.0. The predicted octanol–water partition coefficient (Wildman–Crippen LogP) is 5.37. The second-order valence-electron chi connectivity index (χ2n) is 6.22. The quantitative estimate of drug-likeness (QED) is 0.713. The standard InChI is InChI=1S/C18H27F2N/c1-2-13-21-17(12-11-14-7-4-3-5-8-14)18-15(19)9-6-10-16(18)20/h6,9-10,14,17,21H,2-5,7-8,11-13H2,1H3. The SMILES string of the molecule is CCCNC(CCC1CCCCC1)c1c(F)cccc1F. The first-order chi connectivity index (χ1) is 10.2.